The van der Waals surface area contributed by atoms with Gasteiger partial charge in [0, 0.05) is 11.9 Å². The Morgan fingerprint density at radius 2 is 2.00 bits per heavy atom. The van der Waals surface area contributed by atoms with Crippen LogP contribution in [0.15, 0.2) is 30.5 Å². The van der Waals surface area contributed by atoms with E-state index in [1.54, 1.807) is 6.92 Å². The van der Waals surface area contributed by atoms with Crippen LogP contribution in [0, 0.1) is 6.92 Å². The zero-order valence-corrected chi connectivity index (χ0v) is 11.3. The van der Waals surface area contributed by atoms with Crippen LogP contribution in [0.1, 0.15) is 22.6 Å². The fourth-order valence-corrected chi connectivity index (χ4v) is 1.79. The third-order valence-corrected chi connectivity index (χ3v) is 2.76. The number of aromatic nitrogens is 2. The smallest absolute Gasteiger partial charge is 0.387 e. The molecule has 22 heavy (non-hydrogen) atoms. The largest absolute Gasteiger partial charge is 0.435 e. The molecular weight excluding hydrogens is 306 g/mol. The van der Waals surface area contributed by atoms with Crippen molar-refractivity contribution in [1.82, 2.24) is 9.78 Å². The van der Waals surface area contributed by atoms with E-state index < -0.39 is 19.1 Å². The highest BCUT2D eigenvalue weighted by atomic mass is 19.3. The Morgan fingerprint density at radius 3 is 2.59 bits per heavy atom. The van der Waals surface area contributed by atoms with E-state index in [1.807, 2.05) is 0 Å². The van der Waals surface area contributed by atoms with Gasteiger partial charge in [0.25, 0.3) is 5.91 Å². The van der Waals surface area contributed by atoms with Crippen LogP contribution in [0.2, 0.25) is 0 Å². The first-order chi connectivity index (χ1) is 10.4. The summed E-state index contributed by atoms with van der Waals surface area (Å²) >= 11 is 0. The molecule has 0 aliphatic heterocycles. The van der Waals surface area contributed by atoms with Gasteiger partial charge in [-0.3, -0.25) is 4.79 Å². The van der Waals surface area contributed by atoms with Crippen molar-refractivity contribution in [2.45, 2.75) is 20.1 Å². The molecule has 0 spiro atoms. The number of halogens is 4. The highest BCUT2D eigenvalue weighted by molar-refractivity contribution is 6.03. The normalized spacial score (nSPS) is 11.0. The first-order valence-electron chi connectivity index (χ1n) is 6.07. The number of carbonyl (C=O) groups is 1. The summed E-state index contributed by atoms with van der Waals surface area (Å²) in [6, 6.07) is 5.02. The third kappa shape index (κ3) is 3.54. The summed E-state index contributed by atoms with van der Waals surface area (Å²) in [6.45, 7) is -4.35. The van der Waals surface area contributed by atoms with Crippen molar-refractivity contribution in [2.24, 2.45) is 0 Å². The highest BCUT2D eigenvalue weighted by Crippen LogP contribution is 2.23. The Balaban J connectivity index is 2.16. The van der Waals surface area contributed by atoms with E-state index >= 15 is 0 Å². The van der Waals surface area contributed by atoms with E-state index in [0.717, 1.165) is 12.3 Å². The van der Waals surface area contributed by atoms with Crippen LogP contribution in [0.5, 0.6) is 5.75 Å². The van der Waals surface area contributed by atoms with Crippen LogP contribution in [0.25, 0.3) is 0 Å². The van der Waals surface area contributed by atoms with Crippen molar-refractivity contribution >= 4 is 11.6 Å². The Morgan fingerprint density at radius 1 is 1.27 bits per heavy atom. The van der Waals surface area contributed by atoms with Crippen LogP contribution in [0.3, 0.4) is 0 Å². The zero-order valence-electron chi connectivity index (χ0n) is 11.3. The Kier molecular flexibility index (Phi) is 4.64. The third-order valence-electron chi connectivity index (χ3n) is 2.76. The predicted molar refractivity (Wildman–Crippen MR) is 69.2 cm³/mol. The summed E-state index contributed by atoms with van der Waals surface area (Å²) in [5.41, 5.74) is 0.408. The molecule has 0 bridgehead atoms. The fourth-order valence-electron chi connectivity index (χ4n) is 1.79. The number of benzene rings is 1. The van der Waals surface area contributed by atoms with E-state index in [-0.39, 0.29) is 21.8 Å². The molecule has 0 saturated carbocycles. The van der Waals surface area contributed by atoms with Gasteiger partial charge in [0.1, 0.15) is 11.4 Å². The number of anilines is 1. The summed E-state index contributed by atoms with van der Waals surface area (Å²) < 4.78 is 54.0. The van der Waals surface area contributed by atoms with E-state index in [9.17, 15) is 22.4 Å². The molecule has 9 heteroatoms. The van der Waals surface area contributed by atoms with Crippen molar-refractivity contribution in [3.05, 3.63) is 41.7 Å². The highest BCUT2D eigenvalue weighted by Gasteiger charge is 2.18. The molecule has 1 aromatic heterocycles. The maximum absolute atomic E-state index is 12.6. The molecule has 118 valence electrons. The summed E-state index contributed by atoms with van der Waals surface area (Å²) in [4.78, 5) is 12.0. The van der Waals surface area contributed by atoms with Gasteiger partial charge in [0.05, 0.1) is 0 Å². The lowest BCUT2D eigenvalue weighted by Crippen LogP contribution is -2.18. The number of alkyl halides is 4. The second kappa shape index (κ2) is 6.46. The van der Waals surface area contributed by atoms with Crippen LogP contribution in [-0.4, -0.2) is 22.3 Å². The van der Waals surface area contributed by atoms with Crippen molar-refractivity contribution in [3.63, 3.8) is 0 Å². The minimum atomic E-state index is -2.96. The molecule has 1 amide bonds. The van der Waals surface area contributed by atoms with Crippen LogP contribution in [0.4, 0.5) is 23.2 Å². The monoisotopic (exact) mass is 317 g/mol. The molecule has 0 unspecified atom stereocenters. The number of hydrogen-bond donors (Lipinski definition) is 1. The lowest BCUT2D eigenvalue weighted by molar-refractivity contribution is -0.0498. The standard InChI is InChI=1S/C13H11F4N3O2/c1-7-6-8(22-13(16)17)2-3-9(7)19-11(21)10-4-5-18-20(10)12(14)15/h2-6,12-13H,1H3,(H,19,21). The molecule has 0 atom stereocenters. The van der Waals surface area contributed by atoms with Gasteiger partial charge < -0.3 is 10.1 Å². The quantitative estimate of drug-likeness (QED) is 0.860. The van der Waals surface area contributed by atoms with E-state index in [1.165, 1.54) is 18.2 Å². The van der Waals surface area contributed by atoms with Crippen molar-refractivity contribution in [2.75, 3.05) is 5.32 Å². The topological polar surface area (TPSA) is 56.1 Å². The second-order valence-corrected chi connectivity index (χ2v) is 4.25. The van der Waals surface area contributed by atoms with Crippen LogP contribution < -0.4 is 10.1 Å². The number of nitrogens with one attached hydrogen (secondary N) is 1. The molecule has 0 aliphatic rings. The number of hydrogen-bond acceptors (Lipinski definition) is 3. The number of carbonyl (C=O) groups excluding carboxylic acids is 1. The van der Waals surface area contributed by atoms with E-state index in [2.05, 4.69) is 15.2 Å². The lowest BCUT2D eigenvalue weighted by Gasteiger charge is -2.11. The van der Waals surface area contributed by atoms with Gasteiger partial charge in [0.2, 0.25) is 0 Å². The molecule has 0 aliphatic carbocycles. The van der Waals surface area contributed by atoms with Gasteiger partial charge in [-0.25, -0.2) is 0 Å². The number of nitrogens with zero attached hydrogens (tertiary/aromatic N) is 2. The molecule has 1 N–H and O–H groups in total. The van der Waals surface area contributed by atoms with Gasteiger partial charge in [-0.05, 0) is 36.8 Å². The van der Waals surface area contributed by atoms with Gasteiger partial charge in [-0.15, -0.1) is 0 Å². The molecule has 0 radical (unpaired) electrons. The van der Waals surface area contributed by atoms with Gasteiger partial charge in [-0.2, -0.15) is 27.3 Å². The Hall–Kier alpha value is -2.58. The average Bonchev–Trinajstić information content (AvgIpc) is 2.90. The van der Waals surface area contributed by atoms with Gasteiger partial charge in [-0.1, -0.05) is 0 Å². The average molecular weight is 317 g/mol. The molecule has 0 fully saturated rings. The van der Waals surface area contributed by atoms with E-state index in [4.69, 9.17) is 0 Å². The fraction of sp³-hybridized carbons (Fsp3) is 0.231. The maximum atomic E-state index is 12.6. The molecule has 0 saturated heterocycles. The zero-order chi connectivity index (χ0) is 16.3. The minimum absolute atomic E-state index is 0.0666. The summed E-state index contributed by atoms with van der Waals surface area (Å²) in [5.74, 6) is -0.855. The summed E-state index contributed by atoms with van der Waals surface area (Å²) in [7, 11) is 0. The Labute approximate surface area is 122 Å². The van der Waals surface area contributed by atoms with Crippen LogP contribution >= 0.6 is 0 Å². The first-order valence-corrected chi connectivity index (χ1v) is 6.07. The lowest BCUT2D eigenvalue weighted by atomic mass is 10.2. The molecule has 1 heterocycles. The molecule has 2 rings (SSSR count). The van der Waals surface area contributed by atoms with Crippen molar-refractivity contribution in [1.29, 1.82) is 0 Å². The minimum Gasteiger partial charge on any atom is -0.435 e. The first kappa shape index (κ1) is 15.8. The Bertz CT molecular complexity index is 673. The van der Waals surface area contributed by atoms with Crippen molar-refractivity contribution < 1.29 is 27.1 Å². The number of amides is 1. The summed E-state index contributed by atoms with van der Waals surface area (Å²) in [5, 5.41) is 5.76. The maximum Gasteiger partial charge on any atom is 0.387 e. The summed E-state index contributed by atoms with van der Waals surface area (Å²) in [6.07, 6.45) is 1.08. The molecule has 5 nitrogen and oxygen atoms in total. The molecular formula is C13H11F4N3O2. The van der Waals surface area contributed by atoms with E-state index in [0.29, 0.717) is 5.56 Å². The van der Waals surface area contributed by atoms with Gasteiger partial charge in [0.15, 0.2) is 0 Å². The van der Waals surface area contributed by atoms with Gasteiger partial charge >= 0.3 is 13.2 Å². The number of ether oxygens (including phenoxy) is 1. The number of aryl methyl sites for hydroxylation is 1. The second-order valence-electron chi connectivity index (χ2n) is 4.25. The van der Waals surface area contributed by atoms with Crippen molar-refractivity contribution in [3.8, 4) is 5.75 Å². The van der Waals surface area contributed by atoms with Crippen LogP contribution in [-0.2, 0) is 0 Å². The SMILES string of the molecule is Cc1cc(OC(F)F)ccc1NC(=O)c1ccnn1C(F)F. The predicted octanol–water partition coefficient (Wildman–Crippen LogP) is 3.44. The number of rotatable bonds is 5. The molecule has 2 aromatic rings. The molecule has 1 aromatic carbocycles.